The predicted octanol–water partition coefficient (Wildman–Crippen LogP) is 4.75. The van der Waals surface area contributed by atoms with E-state index in [4.69, 9.17) is 4.74 Å². The molecule has 0 bridgehead atoms. The number of ether oxygens (including phenoxy) is 1. The van der Waals surface area contributed by atoms with Gasteiger partial charge in [0.15, 0.2) is 0 Å². The summed E-state index contributed by atoms with van der Waals surface area (Å²) in [6.45, 7) is 15.0. The number of carbonyl (C=O) groups is 1. The standard InChI is InChI=1S/C17H33NO2/c1-12(16(2,3)4)13-8-10-14(11-9-13)18-15(19)20-17(5,6)7/h12-14H,8-11H2,1-7H3,(H,18,19)/t12-,13?,14?/m1/s1. The fraction of sp³-hybridized carbons (Fsp3) is 0.941. The Bertz CT molecular complexity index is 317. The van der Waals surface area contributed by atoms with Gasteiger partial charge in [-0.1, -0.05) is 27.7 Å². The number of nitrogens with one attached hydrogen (secondary N) is 1. The Morgan fingerprint density at radius 3 is 1.95 bits per heavy atom. The Morgan fingerprint density at radius 1 is 1.05 bits per heavy atom. The molecule has 0 aromatic heterocycles. The number of alkyl carbamates (subject to hydrolysis) is 1. The van der Waals surface area contributed by atoms with Crippen LogP contribution in [0.3, 0.4) is 0 Å². The van der Waals surface area contributed by atoms with Crippen LogP contribution in [-0.2, 0) is 4.74 Å². The summed E-state index contributed by atoms with van der Waals surface area (Å²) in [6.07, 6.45) is 4.29. The fourth-order valence-corrected chi connectivity index (χ4v) is 2.94. The first kappa shape index (κ1) is 17.3. The molecule has 0 aromatic rings. The molecule has 0 radical (unpaired) electrons. The number of hydrogen-bond acceptors (Lipinski definition) is 2. The fourth-order valence-electron chi connectivity index (χ4n) is 2.94. The number of hydrogen-bond donors (Lipinski definition) is 1. The lowest BCUT2D eigenvalue weighted by molar-refractivity contribution is 0.0471. The van der Waals surface area contributed by atoms with Gasteiger partial charge < -0.3 is 10.1 Å². The third-order valence-electron chi connectivity index (χ3n) is 4.57. The van der Waals surface area contributed by atoms with Crippen LogP contribution in [0.25, 0.3) is 0 Å². The number of carbonyl (C=O) groups excluding carboxylic acids is 1. The SMILES string of the molecule is C[C@H](C1CCC(NC(=O)OC(C)(C)C)CC1)C(C)(C)C. The normalized spacial score (nSPS) is 25.9. The van der Waals surface area contributed by atoms with Crippen molar-refractivity contribution in [1.82, 2.24) is 5.32 Å². The van der Waals surface area contributed by atoms with E-state index >= 15 is 0 Å². The third kappa shape index (κ3) is 5.72. The molecule has 1 aliphatic rings. The quantitative estimate of drug-likeness (QED) is 0.794. The second-order valence-corrected chi connectivity index (χ2v) is 8.41. The maximum absolute atomic E-state index is 11.8. The smallest absolute Gasteiger partial charge is 0.407 e. The van der Waals surface area contributed by atoms with Crippen molar-refractivity contribution < 1.29 is 9.53 Å². The van der Waals surface area contributed by atoms with Crippen molar-refractivity contribution in [2.75, 3.05) is 0 Å². The van der Waals surface area contributed by atoms with Crippen LogP contribution in [0.2, 0.25) is 0 Å². The first-order valence-corrected chi connectivity index (χ1v) is 7.98. The van der Waals surface area contributed by atoms with Gasteiger partial charge in [0.05, 0.1) is 0 Å². The molecule has 0 saturated heterocycles. The van der Waals surface area contributed by atoms with Crippen LogP contribution < -0.4 is 5.32 Å². The maximum Gasteiger partial charge on any atom is 0.407 e. The van der Waals surface area contributed by atoms with E-state index in [1.54, 1.807) is 0 Å². The highest BCUT2D eigenvalue weighted by molar-refractivity contribution is 5.68. The number of amides is 1. The van der Waals surface area contributed by atoms with Gasteiger partial charge in [-0.05, 0) is 63.7 Å². The molecule has 0 spiro atoms. The monoisotopic (exact) mass is 283 g/mol. The van der Waals surface area contributed by atoms with Crippen LogP contribution in [-0.4, -0.2) is 17.7 Å². The van der Waals surface area contributed by atoms with Crippen molar-refractivity contribution in [3.05, 3.63) is 0 Å². The molecule has 1 amide bonds. The zero-order valence-electron chi connectivity index (χ0n) is 14.4. The Balaban J connectivity index is 2.38. The molecule has 3 nitrogen and oxygen atoms in total. The summed E-state index contributed by atoms with van der Waals surface area (Å²) in [6, 6.07) is 0.285. The molecular weight excluding hydrogens is 250 g/mol. The van der Waals surface area contributed by atoms with Crippen LogP contribution in [0.15, 0.2) is 0 Å². The summed E-state index contributed by atoms with van der Waals surface area (Å²) < 4.78 is 5.32. The lowest BCUT2D eigenvalue weighted by atomic mass is 9.69. The summed E-state index contributed by atoms with van der Waals surface area (Å²) in [5, 5.41) is 3.01. The minimum absolute atomic E-state index is 0.273. The Morgan fingerprint density at radius 2 is 1.55 bits per heavy atom. The molecule has 1 saturated carbocycles. The van der Waals surface area contributed by atoms with Crippen LogP contribution in [0.4, 0.5) is 4.79 Å². The minimum atomic E-state index is -0.415. The van der Waals surface area contributed by atoms with Gasteiger partial charge in [-0.25, -0.2) is 4.79 Å². The van der Waals surface area contributed by atoms with Crippen molar-refractivity contribution in [3.63, 3.8) is 0 Å². The Kier molecular flexibility index (Phi) is 5.51. The second-order valence-electron chi connectivity index (χ2n) is 8.41. The Hall–Kier alpha value is -0.730. The van der Waals surface area contributed by atoms with Gasteiger partial charge in [-0.3, -0.25) is 0 Å². The lowest BCUT2D eigenvalue weighted by Crippen LogP contribution is -2.42. The van der Waals surface area contributed by atoms with E-state index in [0.717, 1.165) is 24.7 Å². The third-order valence-corrected chi connectivity index (χ3v) is 4.57. The summed E-state index contributed by atoms with van der Waals surface area (Å²) in [7, 11) is 0. The van der Waals surface area contributed by atoms with Gasteiger partial charge >= 0.3 is 6.09 Å². The predicted molar refractivity (Wildman–Crippen MR) is 83.7 cm³/mol. The molecule has 0 aliphatic heterocycles. The molecule has 1 fully saturated rings. The van der Waals surface area contributed by atoms with Gasteiger partial charge in [-0.15, -0.1) is 0 Å². The molecule has 1 atom stereocenters. The number of rotatable bonds is 2. The first-order chi connectivity index (χ1) is 8.99. The molecule has 20 heavy (non-hydrogen) atoms. The minimum Gasteiger partial charge on any atom is -0.444 e. The van der Waals surface area contributed by atoms with Gasteiger partial charge in [0.25, 0.3) is 0 Å². The molecule has 1 rings (SSSR count). The van der Waals surface area contributed by atoms with Gasteiger partial charge in [0.1, 0.15) is 5.60 Å². The molecule has 3 heteroatoms. The van der Waals surface area contributed by atoms with Crippen LogP contribution in [0.1, 0.15) is 74.1 Å². The van der Waals surface area contributed by atoms with Gasteiger partial charge in [-0.2, -0.15) is 0 Å². The summed E-state index contributed by atoms with van der Waals surface area (Å²) in [5.41, 5.74) is -0.0435. The average molecular weight is 283 g/mol. The largest absolute Gasteiger partial charge is 0.444 e. The van der Waals surface area contributed by atoms with Crippen LogP contribution in [0.5, 0.6) is 0 Å². The van der Waals surface area contributed by atoms with E-state index in [-0.39, 0.29) is 12.1 Å². The van der Waals surface area contributed by atoms with Crippen molar-refractivity contribution in [2.45, 2.75) is 85.8 Å². The van der Waals surface area contributed by atoms with Crippen molar-refractivity contribution in [2.24, 2.45) is 17.3 Å². The summed E-state index contributed by atoms with van der Waals surface area (Å²) >= 11 is 0. The molecule has 1 N–H and O–H groups in total. The zero-order valence-corrected chi connectivity index (χ0v) is 14.4. The molecule has 118 valence electrons. The zero-order chi connectivity index (χ0) is 15.6. The van der Waals surface area contributed by atoms with Crippen LogP contribution >= 0.6 is 0 Å². The average Bonchev–Trinajstić information content (AvgIpc) is 2.25. The topological polar surface area (TPSA) is 38.3 Å². The van der Waals surface area contributed by atoms with Crippen LogP contribution in [0, 0.1) is 17.3 Å². The van der Waals surface area contributed by atoms with E-state index in [0.29, 0.717) is 5.41 Å². The maximum atomic E-state index is 11.8. The van der Waals surface area contributed by atoms with E-state index in [1.807, 2.05) is 20.8 Å². The highest BCUT2D eigenvalue weighted by Crippen LogP contribution is 2.39. The Labute approximate surface area is 124 Å². The molecule has 1 aliphatic carbocycles. The van der Waals surface area contributed by atoms with E-state index in [2.05, 4.69) is 33.0 Å². The first-order valence-electron chi connectivity index (χ1n) is 7.98. The highest BCUT2D eigenvalue weighted by Gasteiger charge is 2.32. The van der Waals surface area contributed by atoms with E-state index in [9.17, 15) is 4.79 Å². The van der Waals surface area contributed by atoms with E-state index < -0.39 is 5.60 Å². The van der Waals surface area contributed by atoms with Crippen molar-refractivity contribution in [1.29, 1.82) is 0 Å². The van der Waals surface area contributed by atoms with Crippen molar-refractivity contribution >= 4 is 6.09 Å². The van der Waals surface area contributed by atoms with E-state index in [1.165, 1.54) is 12.8 Å². The van der Waals surface area contributed by atoms with Gasteiger partial charge in [0.2, 0.25) is 0 Å². The van der Waals surface area contributed by atoms with Crippen molar-refractivity contribution in [3.8, 4) is 0 Å². The second kappa shape index (κ2) is 6.36. The molecule has 0 heterocycles. The summed E-state index contributed by atoms with van der Waals surface area (Å²) in [4.78, 5) is 11.8. The lowest BCUT2D eigenvalue weighted by Gasteiger charge is -2.39. The highest BCUT2D eigenvalue weighted by atomic mass is 16.6. The summed E-state index contributed by atoms with van der Waals surface area (Å²) in [5.74, 6) is 1.51. The molecule has 0 aromatic carbocycles. The molecule has 0 unspecified atom stereocenters. The molecular formula is C17H33NO2. The van der Waals surface area contributed by atoms with Gasteiger partial charge in [0, 0.05) is 6.04 Å².